The van der Waals surface area contributed by atoms with Crippen molar-refractivity contribution in [1.29, 1.82) is 0 Å². The fourth-order valence-corrected chi connectivity index (χ4v) is 4.93. The van der Waals surface area contributed by atoms with Gasteiger partial charge in [0, 0.05) is 19.6 Å². The number of likely N-dealkylation sites (tertiary alicyclic amines) is 1. The summed E-state index contributed by atoms with van der Waals surface area (Å²) in [4.78, 5) is 33.0. The normalized spacial score (nSPS) is 14.6. The Morgan fingerprint density at radius 3 is 2.49 bits per heavy atom. The van der Waals surface area contributed by atoms with E-state index >= 15 is 0 Å². The van der Waals surface area contributed by atoms with Gasteiger partial charge >= 0.3 is 5.56 Å². The lowest BCUT2D eigenvalue weighted by atomic mass is 10.1. The van der Waals surface area contributed by atoms with Gasteiger partial charge in [-0.2, -0.15) is 0 Å². The van der Waals surface area contributed by atoms with Crippen LogP contribution in [-0.2, 0) is 13.1 Å². The number of nitrogens with zero attached hydrogens (tertiary/aromatic N) is 4. The van der Waals surface area contributed by atoms with Gasteiger partial charge in [0.15, 0.2) is 5.69 Å². The number of carbonyl (C=O) groups is 1. The highest BCUT2D eigenvalue weighted by molar-refractivity contribution is 6.42. The van der Waals surface area contributed by atoms with Crippen LogP contribution in [-0.4, -0.2) is 49.5 Å². The molecule has 3 heterocycles. The van der Waals surface area contributed by atoms with Crippen LogP contribution in [0.5, 0.6) is 5.75 Å². The standard InChI is InChI=1S/C25H25Cl2N5O3/c26-17-9-8-16(14-18(17)27)15-28-23(34)21-22(33)24(35)32-20-7-3-2-6-19(20)31(25(32)29-21)13-12-30-10-4-1-5-11-30/h2-3,6-9,14,33H,1,4-5,10-13,15H2,(H,28,34). The Hall–Kier alpha value is -3.07. The number of piperidine rings is 1. The number of nitrogens with one attached hydrogen (secondary N) is 1. The van der Waals surface area contributed by atoms with Crippen LogP contribution in [0.1, 0.15) is 35.3 Å². The summed E-state index contributed by atoms with van der Waals surface area (Å²) in [5.41, 5.74) is 1.19. The topological polar surface area (TPSA) is 91.9 Å². The summed E-state index contributed by atoms with van der Waals surface area (Å²) in [6.45, 7) is 3.65. The highest BCUT2D eigenvalue weighted by Crippen LogP contribution is 2.24. The van der Waals surface area contributed by atoms with Gasteiger partial charge in [-0.1, -0.05) is 47.8 Å². The summed E-state index contributed by atoms with van der Waals surface area (Å²) in [5, 5.41) is 14.1. The van der Waals surface area contributed by atoms with Crippen LogP contribution >= 0.6 is 23.2 Å². The van der Waals surface area contributed by atoms with E-state index in [1.807, 2.05) is 28.8 Å². The predicted molar refractivity (Wildman–Crippen MR) is 137 cm³/mol. The molecule has 1 fully saturated rings. The maximum atomic E-state index is 13.2. The number of aromatic nitrogens is 3. The smallest absolute Gasteiger partial charge is 0.302 e. The van der Waals surface area contributed by atoms with Gasteiger partial charge in [0.1, 0.15) is 0 Å². The second-order valence-corrected chi connectivity index (χ2v) is 9.54. The Balaban J connectivity index is 1.50. The molecule has 5 rings (SSSR count). The number of fused-ring (bicyclic) bond motifs is 3. The molecule has 1 saturated heterocycles. The van der Waals surface area contributed by atoms with E-state index in [0.717, 1.165) is 30.7 Å². The zero-order chi connectivity index (χ0) is 24.5. The number of hydrogen-bond acceptors (Lipinski definition) is 5. The number of para-hydroxylation sites is 2. The number of aromatic hydroxyl groups is 1. The molecule has 0 unspecified atom stereocenters. The Bertz CT molecular complexity index is 1470. The molecule has 4 aromatic rings. The summed E-state index contributed by atoms with van der Waals surface area (Å²) >= 11 is 12.0. The van der Waals surface area contributed by atoms with Crippen LogP contribution in [0.4, 0.5) is 0 Å². The lowest BCUT2D eigenvalue weighted by Crippen LogP contribution is -2.33. The number of amides is 1. The molecule has 1 aliphatic rings. The van der Waals surface area contributed by atoms with E-state index in [1.54, 1.807) is 18.2 Å². The van der Waals surface area contributed by atoms with Gasteiger partial charge in [0.2, 0.25) is 11.5 Å². The van der Waals surface area contributed by atoms with Crippen molar-refractivity contribution in [2.75, 3.05) is 19.6 Å². The Labute approximate surface area is 211 Å². The van der Waals surface area contributed by atoms with Crippen molar-refractivity contribution in [3.8, 4) is 5.75 Å². The predicted octanol–water partition coefficient (Wildman–Crippen LogP) is 4.08. The SMILES string of the molecule is O=C(NCc1ccc(Cl)c(Cl)c1)c1nc2n(CCN3CCCCC3)c3ccccc3n2c(=O)c1O. The summed E-state index contributed by atoms with van der Waals surface area (Å²) < 4.78 is 3.32. The van der Waals surface area contributed by atoms with Crippen molar-refractivity contribution < 1.29 is 9.90 Å². The molecule has 10 heteroatoms. The monoisotopic (exact) mass is 513 g/mol. The molecule has 8 nitrogen and oxygen atoms in total. The second-order valence-electron chi connectivity index (χ2n) is 8.72. The number of carbonyl (C=O) groups excluding carboxylic acids is 1. The molecular formula is C25H25Cl2N5O3. The molecule has 1 amide bonds. The molecule has 35 heavy (non-hydrogen) atoms. The van der Waals surface area contributed by atoms with Crippen LogP contribution in [0.3, 0.4) is 0 Å². The third-order valence-corrected chi connectivity index (χ3v) is 7.18. The minimum atomic E-state index is -0.687. The van der Waals surface area contributed by atoms with Gasteiger partial charge < -0.3 is 19.9 Å². The molecule has 0 atom stereocenters. The van der Waals surface area contributed by atoms with Crippen molar-refractivity contribution in [2.24, 2.45) is 0 Å². The third-order valence-electron chi connectivity index (χ3n) is 6.44. The first-order valence-electron chi connectivity index (χ1n) is 11.6. The zero-order valence-electron chi connectivity index (χ0n) is 19.0. The maximum absolute atomic E-state index is 13.2. The van der Waals surface area contributed by atoms with Crippen LogP contribution < -0.4 is 10.9 Å². The van der Waals surface area contributed by atoms with Crippen molar-refractivity contribution in [2.45, 2.75) is 32.4 Å². The van der Waals surface area contributed by atoms with Crippen molar-refractivity contribution in [3.63, 3.8) is 0 Å². The largest absolute Gasteiger partial charge is 0.501 e. The first-order chi connectivity index (χ1) is 16.9. The molecule has 0 saturated carbocycles. The maximum Gasteiger partial charge on any atom is 0.302 e. The van der Waals surface area contributed by atoms with E-state index in [0.29, 0.717) is 27.9 Å². The first-order valence-corrected chi connectivity index (χ1v) is 12.4. The first kappa shape index (κ1) is 23.7. The molecule has 182 valence electrons. The Kier molecular flexibility index (Phi) is 6.69. The minimum absolute atomic E-state index is 0.133. The van der Waals surface area contributed by atoms with Gasteiger partial charge in [0.05, 0.1) is 21.1 Å². The summed E-state index contributed by atoms with van der Waals surface area (Å²) in [5.74, 6) is -1.01. The van der Waals surface area contributed by atoms with E-state index in [9.17, 15) is 14.7 Å². The molecule has 0 radical (unpaired) electrons. The van der Waals surface area contributed by atoms with Crippen LogP contribution in [0.2, 0.25) is 10.0 Å². The number of benzene rings is 2. The lowest BCUT2D eigenvalue weighted by Gasteiger charge is -2.26. The van der Waals surface area contributed by atoms with Gasteiger partial charge in [-0.3, -0.25) is 9.59 Å². The van der Waals surface area contributed by atoms with Crippen molar-refractivity contribution in [1.82, 2.24) is 24.2 Å². The van der Waals surface area contributed by atoms with E-state index < -0.39 is 17.2 Å². The van der Waals surface area contributed by atoms with E-state index in [2.05, 4.69) is 15.2 Å². The lowest BCUT2D eigenvalue weighted by molar-refractivity contribution is 0.0942. The molecule has 0 bridgehead atoms. The highest BCUT2D eigenvalue weighted by atomic mass is 35.5. The molecule has 2 aromatic heterocycles. The van der Waals surface area contributed by atoms with Gasteiger partial charge in [-0.05, 0) is 55.8 Å². The minimum Gasteiger partial charge on any atom is -0.501 e. The molecule has 0 spiro atoms. The van der Waals surface area contributed by atoms with Crippen LogP contribution in [0.25, 0.3) is 16.8 Å². The Morgan fingerprint density at radius 2 is 1.74 bits per heavy atom. The number of hydrogen-bond donors (Lipinski definition) is 2. The van der Waals surface area contributed by atoms with Gasteiger partial charge in [-0.15, -0.1) is 0 Å². The molecule has 1 aliphatic heterocycles. The van der Waals surface area contributed by atoms with Crippen molar-refractivity contribution >= 4 is 45.9 Å². The fourth-order valence-electron chi connectivity index (χ4n) is 4.61. The van der Waals surface area contributed by atoms with Crippen LogP contribution in [0, 0.1) is 0 Å². The summed E-state index contributed by atoms with van der Waals surface area (Å²) in [7, 11) is 0. The molecule has 2 aromatic carbocycles. The fraction of sp³-hybridized carbons (Fsp3) is 0.320. The van der Waals surface area contributed by atoms with Crippen LogP contribution in [0.15, 0.2) is 47.3 Å². The Morgan fingerprint density at radius 1 is 1.00 bits per heavy atom. The molecule has 0 aliphatic carbocycles. The zero-order valence-corrected chi connectivity index (χ0v) is 20.5. The van der Waals surface area contributed by atoms with E-state index in [4.69, 9.17) is 23.2 Å². The third kappa shape index (κ3) is 4.61. The van der Waals surface area contributed by atoms with Gasteiger partial charge in [0.25, 0.3) is 5.91 Å². The van der Waals surface area contributed by atoms with E-state index in [1.165, 1.54) is 23.7 Å². The van der Waals surface area contributed by atoms with E-state index in [-0.39, 0.29) is 12.2 Å². The summed E-state index contributed by atoms with van der Waals surface area (Å²) in [6, 6.07) is 12.5. The van der Waals surface area contributed by atoms with Crippen molar-refractivity contribution in [3.05, 3.63) is 74.1 Å². The molecule has 2 N–H and O–H groups in total. The van der Waals surface area contributed by atoms with Gasteiger partial charge in [-0.25, -0.2) is 9.38 Å². The highest BCUT2D eigenvalue weighted by Gasteiger charge is 2.23. The second kappa shape index (κ2) is 9.89. The average Bonchev–Trinajstić information content (AvgIpc) is 3.19. The number of rotatable bonds is 6. The average molecular weight is 514 g/mol. The summed E-state index contributed by atoms with van der Waals surface area (Å²) in [6.07, 6.45) is 3.62. The number of halogens is 2. The quantitative estimate of drug-likeness (QED) is 0.405. The molecular weight excluding hydrogens is 489 g/mol. The number of imidazole rings is 1.